The Labute approximate surface area is 280 Å². The number of nitrogens with one attached hydrogen (secondary N) is 4. The van der Waals surface area contributed by atoms with Crippen LogP contribution in [0.25, 0.3) is 32.0 Å². The molecule has 0 amide bonds. The highest BCUT2D eigenvalue weighted by Crippen LogP contribution is 2.37. The maximum atomic E-state index is 4.67. The molecule has 0 aliphatic rings. The monoisotopic (exact) mass is 634 g/mol. The number of rotatable bonds is 11. The Balaban J connectivity index is 1.07. The van der Waals surface area contributed by atoms with Crippen molar-refractivity contribution >= 4 is 72.1 Å². The molecule has 0 aliphatic carbocycles. The second kappa shape index (κ2) is 13.4. The molecular formula is C40H38N6S. The molecule has 0 aliphatic heterocycles. The van der Waals surface area contributed by atoms with Crippen molar-refractivity contribution in [2.45, 2.75) is 26.3 Å². The lowest BCUT2D eigenvalue weighted by atomic mass is 10.0. The molecule has 7 heteroatoms. The summed E-state index contributed by atoms with van der Waals surface area (Å²) < 4.78 is 0. The summed E-state index contributed by atoms with van der Waals surface area (Å²) in [5.74, 6) is 0. The third-order valence-electron chi connectivity index (χ3n) is 8.57. The number of thiazole rings is 1. The van der Waals surface area contributed by atoms with Crippen LogP contribution in [0.2, 0.25) is 0 Å². The van der Waals surface area contributed by atoms with Gasteiger partial charge in [0.15, 0.2) is 5.13 Å². The lowest BCUT2D eigenvalue weighted by Gasteiger charge is -2.19. The summed E-state index contributed by atoms with van der Waals surface area (Å²) in [6.45, 7) is 4.42. The van der Waals surface area contributed by atoms with E-state index in [1.54, 1.807) is 11.3 Å². The van der Waals surface area contributed by atoms with E-state index in [9.17, 15) is 0 Å². The number of hydrogen-bond acceptors (Lipinski definition) is 7. The maximum absolute atomic E-state index is 4.67. The van der Waals surface area contributed by atoms with Gasteiger partial charge in [0.2, 0.25) is 0 Å². The number of benzene rings is 6. The minimum atomic E-state index is 0.409. The van der Waals surface area contributed by atoms with E-state index in [2.05, 4.69) is 174 Å². The summed E-state index contributed by atoms with van der Waals surface area (Å²) in [6, 6.07) is 44.8. The minimum absolute atomic E-state index is 0.409. The SMILES string of the molecule is CCC(C)Nc1ccc(Nc2ccc(NNc3ccc(N(C)c4ncc(-c5ccccc5)s4)cc3)c3ccccc23)c2ccccc12. The Kier molecular flexibility index (Phi) is 8.62. The van der Waals surface area contributed by atoms with E-state index in [4.69, 9.17) is 0 Å². The molecule has 0 fully saturated rings. The zero-order valence-electron chi connectivity index (χ0n) is 26.8. The van der Waals surface area contributed by atoms with Gasteiger partial charge in [-0.15, -0.1) is 0 Å². The maximum Gasteiger partial charge on any atom is 0.190 e. The van der Waals surface area contributed by atoms with E-state index in [0.717, 1.165) is 61.3 Å². The van der Waals surface area contributed by atoms with E-state index in [-0.39, 0.29) is 0 Å². The molecule has 0 saturated heterocycles. The number of aromatic nitrogens is 1. The standard InChI is InChI=1S/C40H38N6S/c1-4-27(2)42-35-22-23-36(32-15-9-8-14-31(32)35)43-37-24-25-38(34-17-11-10-16-33(34)37)45-44-29-18-20-30(21-19-29)46(3)40-41-26-39(47-40)28-12-6-5-7-13-28/h5-27,42-45H,4H2,1-3H3. The summed E-state index contributed by atoms with van der Waals surface area (Å²) in [5, 5.41) is 13.0. The smallest absolute Gasteiger partial charge is 0.190 e. The molecule has 0 saturated carbocycles. The Bertz CT molecular complexity index is 2120. The highest BCUT2D eigenvalue weighted by Gasteiger charge is 2.13. The van der Waals surface area contributed by atoms with Gasteiger partial charge in [-0.3, -0.25) is 0 Å². The predicted molar refractivity (Wildman–Crippen MR) is 204 cm³/mol. The van der Waals surface area contributed by atoms with Gasteiger partial charge in [-0.1, -0.05) is 97.1 Å². The fraction of sp³-hybridized carbons (Fsp3) is 0.125. The predicted octanol–water partition coefficient (Wildman–Crippen LogP) is 11.3. The first-order chi connectivity index (χ1) is 23.1. The van der Waals surface area contributed by atoms with E-state index < -0.39 is 0 Å². The number of anilines is 7. The Morgan fingerprint density at radius 3 is 1.83 bits per heavy atom. The molecule has 47 heavy (non-hydrogen) atoms. The van der Waals surface area contributed by atoms with Gasteiger partial charge in [-0.05, 0) is 67.4 Å². The van der Waals surface area contributed by atoms with Crippen LogP contribution in [0.5, 0.6) is 0 Å². The van der Waals surface area contributed by atoms with Gasteiger partial charge in [0.25, 0.3) is 0 Å². The Morgan fingerprint density at radius 1 is 0.638 bits per heavy atom. The molecule has 7 aromatic rings. The third kappa shape index (κ3) is 6.44. The molecule has 1 unspecified atom stereocenters. The van der Waals surface area contributed by atoms with E-state index >= 15 is 0 Å². The molecule has 4 N–H and O–H groups in total. The minimum Gasteiger partial charge on any atom is -0.382 e. The molecule has 6 aromatic carbocycles. The van der Waals surface area contributed by atoms with Crippen LogP contribution in [-0.4, -0.2) is 18.1 Å². The lowest BCUT2D eigenvalue weighted by molar-refractivity contribution is 0.765. The first-order valence-corrected chi connectivity index (χ1v) is 16.8. The van der Waals surface area contributed by atoms with Crippen LogP contribution in [0.1, 0.15) is 20.3 Å². The van der Waals surface area contributed by atoms with Crippen LogP contribution in [0, 0.1) is 0 Å². The number of nitrogens with zero attached hydrogens (tertiary/aromatic N) is 2. The molecule has 1 atom stereocenters. The molecular weight excluding hydrogens is 597 g/mol. The van der Waals surface area contributed by atoms with Gasteiger partial charge in [0, 0.05) is 63.6 Å². The summed E-state index contributed by atoms with van der Waals surface area (Å²) >= 11 is 1.69. The van der Waals surface area contributed by atoms with Crippen LogP contribution in [0.3, 0.4) is 0 Å². The van der Waals surface area contributed by atoms with Gasteiger partial charge in [-0.25, -0.2) is 4.98 Å². The Morgan fingerprint density at radius 2 is 1.19 bits per heavy atom. The van der Waals surface area contributed by atoms with Gasteiger partial charge in [0.1, 0.15) is 0 Å². The highest BCUT2D eigenvalue weighted by atomic mass is 32.1. The zero-order valence-corrected chi connectivity index (χ0v) is 27.6. The molecule has 1 aromatic heterocycles. The summed E-state index contributed by atoms with van der Waals surface area (Å²) in [5.41, 5.74) is 14.4. The van der Waals surface area contributed by atoms with Gasteiger partial charge in [0.05, 0.1) is 16.3 Å². The first kappa shape index (κ1) is 30.1. The molecule has 234 valence electrons. The fourth-order valence-electron chi connectivity index (χ4n) is 5.74. The summed E-state index contributed by atoms with van der Waals surface area (Å²) in [4.78, 5) is 7.94. The second-order valence-electron chi connectivity index (χ2n) is 11.7. The average Bonchev–Trinajstić information content (AvgIpc) is 3.63. The van der Waals surface area contributed by atoms with Crippen molar-refractivity contribution in [2.24, 2.45) is 0 Å². The molecule has 0 bridgehead atoms. The van der Waals surface area contributed by atoms with Crippen LogP contribution < -0.4 is 26.4 Å². The number of fused-ring (bicyclic) bond motifs is 2. The summed E-state index contributed by atoms with van der Waals surface area (Å²) in [7, 11) is 2.05. The molecule has 1 heterocycles. The fourth-order valence-corrected chi connectivity index (χ4v) is 6.64. The summed E-state index contributed by atoms with van der Waals surface area (Å²) in [6.07, 6.45) is 3.02. The Hall–Kier alpha value is -5.53. The topological polar surface area (TPSA) is 64.2 Å². The van der Waals surface area contributed by atoms with Crippen molar-refractivity contribution < 1.29 is 0 Å². The van der Waals surface area contributed by atoms with Crippen LogP contribution in [0.15, 0.2) is 134 Å². The first-order valence-electron chi connectivity index (χ1n) is 16.0. The normalized spacial score (nSPS) is 11.7. The van der Waals surface area contributed by atoms with Gasteiger partial charge < -0.3 is 26.4 Å². The second-order valence-corrected chi connectivity index (χ2v) is 12.7. The van der Waals surface area contributed by atoms with Crippen molar-refractivity contribution in [3.05, 3.63) is 134 Å². The van der Waals surface area contributed by atoms with Crippen LogP contribution in [0.4, 0.5) is 39.3 Å². The van der Waals surface area contributed by atoms with Crippen molar-refractivity contribution in [3.63, 3.8) is 0 Å². The number of hydrazine groups is 1. The molecule has 7 rings (SSSR count). The third-order valence-corrected chi connectivity index (χ3v) is 9.69. The van der Waals surface area contributed by atoms with Crippen molar-refractivity contribution in [2.75, 3.05) is 33.4 Å². The van der Waals surface area contributed by atoms with Crippen LogP contribution >= 0.6 is 11.3 Å². The zero-order chi connectivity index (χ0) is 32.2. The molecule has 0 spiro atoms. The van der Waals surface area contributed by atoms with E-state index in [1.807, 2.05) is 12.3 Å². The lowest BCUT2D eigenvalue weighted by Crippen LogP contribution is -2.13. The highest BCUT2D eigenvalue weighted by molar-refractivity contribution is 7.19. The van der Waals surface area contributed by atoms with Crippen molar-refractivity contribution in [1.29, 1.82) is 0 Å². The van der Waals surface area contributed by atoms with E-state index in [0.29, 0.717) is 6.04 Å². The average molecular weight is 635 g/mol. The van der Waals surface area contributed by atoms with E-state index in [1.165, 1.54) is 16.3 Å². The largest absolute Gasteiger partial charge is 0.382 e. The van der Waals surface area contributed by atoms with Crippen molar-refractivity contribution in [1.82, 2.24) is 4.98 Å². The van der Waals surface area contributed by atoms with Gasteiger partial charge in [-0.2, -0.15) is 0 Å². The van der Waals surface area contributed by atoms with Gasteiger partial charge >= 0.3 is 0 Å². The van der Waals surface area contributed by atoms with Crippen LogP contribution in [-0.2, 0) is 0 Å². The molecule has 0 radical (unpaired) electrons. The van der Waals surface area contributed by atoms with Crippen molar-refractivity contribution in [3.8, 4) is 10.4 Å². The quantitative estimate of drug-likeness (QED) is 0.106. The molecule has 6 nitrogen and oxygen atoms in total. The number of hydrogen-bond donors (Lipinski definition) is 4.